The lowest BCUT2D eigenvalue weighted by molar-refractivity contribution is 0.713. The molecular formula is C12H18N4S. The van der Waals surface area contributed by atoms with E-state index in [0.29, 0.717) is 6.04 Å². The Morgan fingerprint density at radius 2 is 2.35 bits per heavy atom. The Kier molecular flexibility index (Phi) is 3.38. The highest BCUT2D eigenvalue weighted by atomic mass is 32.1. The van der Waals surface area contributed by atoms with Crippen molar-refractivity contribution in [2.24, 2.45) is 7.05 Å². The number of rotatable bonds is 4. The zero-order valence-corrected chi connectivity index (χ0v) is 11.2. The molecule has 4 nitrogen and oxygen atoms in total. The van der Waals surface area contributed by atoms with Crippen molar-refractivity contribution in [3.05, 3.63) is 28.1 Å². The van der Waals surface area contributed by atoms with Crippen molar-refractivity contribution < 1.29 is 0 Å². The molecule has 92 valence electrons. The van der Waals surface area contributed by atoms with Gasteiger partial charge in [-0.3, -0.25) is 4.68 Å². The van der Waals surface area contributed by atoms with Crippen LogP contribution in [0.5, 0.6) is 0 Å². The number of thiophene rings is 1. The lowest BCUT2D eigenvalue weighted by atomic mass is 10.2. The van der Waals surface area contributed by atoms with Crippen molar-refractivity contribution in [3.8, 4) is 0 Å². The number of aryl methyl sites for hydroxylation is 2. The minimum Gasteiger partial charge on any atom is -0.394 e. The van der Waals surface area contributed by atoms with E-state index in [1.54, 1.807) is 16.0 Å². The maximum Gasteiger partial charge on any atom is 0.148 e. The van der Waals surface area contributed by atoms with Crippen LogP contribution in [0.2, 0.25) is 0 Å². The van der Waals surface area contributed by atoms with Gasteiger partial charge in [0.05, 0.1) is 17.4 Å². The Labute approximate surface area is 105 Å². The molecule has 0 aliphatic rings. The largest absolute Gasteiger partial charge is 0.394 e. The van der Waals surface area contributed by atoms with Crippen LogP contribution < -0.4 is 11.1 Å². The molecule has 1 atom stereocenters. The summed E-state index contributed by atoms with van der Waals surface area (Å²) in [5.74, 6) is 0.905. The van der Waals surface area contributed by atoms with Crippen LogP contribution in [0.25, 0.3) is 0 Å². The fourth-order valence-corrected chi connectivity index (χ4v) is 2.74. The molecule has 17 heavy (non-hydrogen) atoms. The number of anilines is 2. The van der Waals surface area contributed by atoms with Gasteiger partial charge in [-0.05, 0) is 24.8 Å². The third kappa shape index (κ3) is 2.29. The first-order valence-corrected chi connectivity index (χ1v) is 6.60. The summed E-state index contributed by atoms with van der Waals surface area (Å²) in [5, 5.41) is 9.88. The van der Waals surface area contributed by atoms with Gasteiger partial charge in [0.1, 0.15) is 5.82 Å². The molecule has 3 N–H and O–H groups in total. The van der Waals surface area contributed by atoms with Crippen LogP contribution >= 0.6 is 11.3 Å². The molecule has 0 aliphatic heterocycles. The molecule has 0 fully saturated rings. The van der Waals surface area contributed by atoms with E-state index in [4.69, 9.17) is 5.73 Å². The number of nitrogens with one attached hydrogen (secondary N) is 1. The minimum atomic E-state index is 0.298. The van der Waals surface area contributed by atoms with Gasteiger partial charge < -0.3 is 11.1 Å². The fraction of sp³-hybridized carbons (Fsp3) is 0.417. The zero-order chi connectivity index (χ0) is 12.4. The van der Waals surface area contributed by atoms with Gasteiger partial charge in [-0.25, -0.2) is 0 Å². The number of nitrogens with zero attached hydrogens (tertiary/aromatic N) is 2. The summed E-state index contributed by atoms with van der Waals surface area (Å²) in [6.45, 7) is 4.09. The van der Waals surface area contributed by atoms with Gasteiger partial charge in [0.2, 0.25) is 0 Å². The smallest absolute Gasteiger partial charge is 0.148 e. The highest BCUT2D eigenvalue weighted by Crippen LogP contribution is 2.29. The van der Waals surface area contributed by atoms with Gasteiger partial charge in [0.25, 0.3) is 0 Å². The van der Waals surface area contributed by atoms with Crippen molar-refractivity contribution in [2.75, 3.05) is 11.1 Å². The monoisotopic (exact) mass is 250 g/mol. The molecule has 5 heteroatoms. The Morgan fingerprint density at radius 3 is 2.82 bits per heavy atom. The van der Waals surface area contributed by atoms with E-state index in [0.717, 1.165) is 23.6 Å². The summed E-state index contributed by atoms with van der Waals surface area (Å²) < 4.78 is 1.81. The summed E-state index contributed by atoms with van der Waals surface area (Å²) in [6, 6.07) is 4.51. The molecule has 0 saturated carbocycles. The maximum atomic E-state index is 6.02. The first kappa shape index (κ1) is 12.0. The van der Waals surface area contributed by atoms with Crippen LogP contribution in [0.15, 0.2) is 17.5 Å². The third-order valence-electron chi connectivity index (χ3n) is 2.87. The van der Waals surface area contributed by atoms with Crippen LogP contribution in [0.4, 0.5) is 11.5 Å². The summed E-state index contributed by atoms with van der Waals surface area (Å²) in [6.07, 6.45) is 1.02. The molecule has 2 aromatic rings. The number of hydrogen-bond donors (Lipinski definition) is 2. The van der Waals surface area contributed by atoms with E-state index in [-0.39, 0.29) is 0 Å². The quantitative estimate of drug-likeness (QED) is 0.877. The second-order valence-electron chi connectivity index (χ2n) is 4.09. The van der Waals surface area contributed by atoms with Gasteiger partial charge in [0.15, 0.2) is 0 Å². The summed E-state index contributed by atoms with van der Waals surface area (Å²) in [7, 11) is 1.91. The highest BCUT2D eigenvalue weighted by Gasteiger charge is 2.15. The molecule has 0 spiro atoms. The molecular weight excluding hydrogens is 232 g/mol. The van der Waals surface area contributed by atoms with Crippen molar-refractivity contribution in [2.45, 2.75) is 26.3 Å². The molecule has 2 aromatic heterocycles. The fourth-order valence-electron chi connectivity index (χ4n) is 1.87. The highest BCUT2D eigenvalue weighted by molar-refractivity contribution is 7.10. The minimum absolute atomic E-state index is 0.298. The maximum absolute atomic E-state index is 6.02. The Hall–Kier alpha value is -1.49. The Balaban J connectivity index is 2.24. The second kappa shape index (κ2) is 4.79. The number of aromatic nitrogens is 2. The topological polar surface area (TPSA) is 55.9 Å². The number of hydrogen-bond acceptors (Lipinski definition) is 4. The van der Waals surface area contributed by atoms with Crippen LogP contribution in [-0.4, -0.2) is 9.78 Å². The predicted octanol–water partition coefficient (Wildman–Crippen LogP) is 2.94. The summed E-state index contributed by atoms with van der Waals surface area (Å²) in [4.78, 5) is 1.32. The van der Waals surface area contributed by atoms with Gasteiger partial charge in [-0.15, -0.1) is 11.3 Å². The molecule has 2 rings (SSSR count). The standard InChI is InChI=1S/C12H18N4S/c1-4-9(10-6-5-7-17-10)14-12-11(13)8(2)15-16(12)3/h5-7,9,14H,4,13H2,1-3H3. The van der Waals surface area contributed by atoms with E-state index in [1.807, 2.05) is 14.0 Å². The van der Waals surface area contributed by atoms with E-state index < -0.39 is 0 Å². The molecule has 1 unspecified atom stereocenters. The number of nitrogens with two attached hydrogens (primary N) is 1. The molecule has 0 aromatic carbocycles. The van der Waals surface area contributed by atoms with E-state index in [2.05, 4.69) is 34.9 Å². The summed E-state index contributed by atoms with van der Waals surface area (Å²) >= 11 is 1.76. The molecule has 0 saturated heterocycles. The van der Waals surface area contributed by atoms with Gasteiger partial charge in [0, 0.05) is 11.9 Å². The van der Waals surface area contributed by atoms with Crippen LogP contribution in [0.3, 0.4) is 0 Å². The first-order valence-electron chi connectivity index (χ1n) is 5.72. The van der Waals surface area contributed by atoms with E-state index in [9.17, 15) is 0 Å². The Bertz CT molecular complexity index is 487. The average Bonchev–Trinajstić information content (AvgIpc) is 2.89. The third-order valence-corrected chi connectivity index (χ3v) is 3.86. The van der Waals surface area contributed by atoms with Gasteiger partial charge in [-0.2, -0.15) is 5.10 Å². The molecule has 2 heterocycles. The molecule has 0 bridgehead atoms. The summed E-state index contributed by atoms with van der Waals surface area (Å²) in [5.41, 5.74) is 7.63. The Morgan fingerprint density at radius 1 is 1.59 bits per heavy atom. The van der Waals surface area contributed by atoms with Gasteiger partial charge in [-0.1, -0.05) is 13.0 Å². The van der Waals surface area contributed by atoms with Crippen molar-refractivity contribution in [3.63, 3.8) is 0 Å². The van der Waals surface area contributed by atoms with Crippen LogP contribution in [-0.2, 0) is 7.05 Å². The van der Waals surface area contributed by atoms with Crippen molar-refractivity contribution in [1.29, 1.82) is 0 Å². The zero-order valence-electron chi connectivity index (χ0n) is 10.4. The first-order chi connectivity index (χ1) is 8.13. The van der Waals surface area contributed by atoms with E-state index >= 15 is 0 Å². The molecule has 0 amide bonds. The predicted molar refractivity (Wildman–Crippen MR) is 73.3 cm³/mol. The number of nitrogen functional groups attached to an aromatic ring is 1. The SMILES string of the molecule is CCC(Nc1c(N)c(C)nn1C)c1cccs1. The van der Waals surface area contributed by atoms with Crippen molar-refractivity contribution >= 4 is 22.8 Å². The lowest BCUT2D eigenvalue weighted by Crippen LogP contribution is -2.12. The van der Waals surface area contributed by atoms with Crippen LogP contribution in [0, 0.1) is 6.92 Å². The lowest BCUT2D eigenvalue weighted by Gasteiger charge is -2.17. The van der Waals surface area contributed by atoms with Crippen LogP contribution in [0.1, 0.15) is 30.0 Å². The second-order valence-corrected chi connectivity index (χ2v) is 5.07. The van der Waals surface area contributed by atoms with E-state index in [1.165, 1.54) is 4.88 Å². The normalized spacial score (nSPS) is 12.6. The van der Waals surface area contributed by atoms with Gasteiger partial charge >= 0.3 is 0 Å². The molecule has 0 aliphatic carbocycles. The van der Waals surface area contributed by atoms with Crippen molar-refractivity contribution in [1.82, 2.24) is 9.78 Å². The average molecular weight is 250 g/mol. The molecule has 0 radical (unpaired) electrons.